The van der Waals surface area contributed by atoms with Crippen LogP contribution in [0.5, 0.6) is 0 Å². The van der Waals surface area contributed by atoms with Crippen molar-refractivity contribution >= 4 is 5.69 Å². The molecule has 0 bridgehead atoms. The molecule has 0 amide bonds. The van der Waals surface area contributed by atoms with Crippen molar-refractivity contribution in [2.24, 2.45) is 0 Å². The average Bonchev–Trinajstić information content (AvgIpc) is 2.16. The molecule has 16 heavy (non-hydrogen) atoms. The van der Waals surface area contributed by atoms with Gasteiger partial charge in [-0.3, -0.25) is 10.1 Å². The molecular weight excluding hydrogens is 204 g/mol. The molecular formula is C12H18N2O2. The number of para-hydroxylation sites is 1. The largest absolute Gasteiger partial charge is 0.314 e. The van der Waals surface area contributed by atoms with Gasteiger partial charge in [0.1, 0.15) is 0 Å². The highest BCUT2D eigenvalue weighted by Gasteiger charge is 2.23. The van der Waals surface area contributed by atoms with Crippen LogP contribution < -0.4 is 5.32 Å². The maximum atomic E-state index is 11.0. The van der Waals surface area contributed by atoms with E-state index in [2.05, 4.69) is 5.32 Å². The molecule has 0 saturated heterocycles. The summed E-state index contributed by atoms with van der Waals surface area (Å²) < 4.78 is 0. The zero-order valence-corrected chi connectivity index (χ0v) is 10.2. The fourth-order valence-electron chi connectivity index (χ4n) is 1.69. The van der Waals surface area contributed by atoms with Crippen molar-refractivity contribution in [2.75, 3.05) is 7.05 Å². The second kappa shape index (κ2) is 4.61. The van der Waals surface area contributed by atoms with E-state index >= 15 is 0 Å². The summed E-state index contributed by atoms with van der Waals surface area (Å²) in [5.74, 6) is 0. The normalized spacial score (nSPS) is 11.5. The van der Waals surface area contributed by atoms with Crippen molar-refractivity contribution in [3.05, 3.63) is 39.4 Å². The van der Waals surface area contributed by atoms with Crippen LogP contribution in [0.4, 0.5) is 5.69 Å². The highest BCUT2D eigenvalue weighted by atomic mass is 16.6. The first-order chi connectivity index (χ1) is 7.37. The Morgan fingerprint density at radius 3 is 2.56 bits per heavy atom. The van der Waals surface area contributed by atoms with Gasteiger partial charge in [-0.1, -0.05) is 18.2 Å². The topological polar surface area (TPSA) is 55.2 Å². The highest BCUT2D eigenvalue weighted by Crippen LogP contribution is 2.26. The lowest BCUT2D eigenvalue weighted by Gasteiger charge is -2.24. The maximum Gasteiger partial charge on any atom is 0.275 e. The van der Waals surface area contributed by atoms with E-state index in [1.165, 1.54) is 0 Å². The Balaban J connectivity index is 3.14. The third-order valence-electron chi connectivity index (χ3n) is 2.81. The number of nitro groups is 1. The summed E-state index contributed by atoms with van der Waals surface area (Å²) in [5, 5.41) is 14.2. The SMILES string of the molecule is CNC(C)(C)Cc1cccc(C)c1[N+](=O)[O-]. The molecule has 0 fully saturated rings. The van der Waals surface area contributed by atoms with Crippen LogP contribution in [0.2, 0.25) is 0 Å². The summed E-state index contributed by atoms with van der Waals surface area (Å²) in [6, 6.07) is 5.46. The van der Waals surface area contributed by atoms with Crippen LogP contribution in [0, 0.1) is 17.0 Å². The van der Waals surface area contributed by atoms with E-state index in [0.29, 0.717) is 6.42 Å². The molecule has 0 unspecified atom stereocenters. The number of hydrogen-bond acceptors (Lipinski definition) is 3. The molecule has 88 valence electrons. The third-order valence-corrected chi connectivity index (χ3v) is 2.81. The minimum atomic E-state index is -0.295. The van der Waals surface area contributed by atoms with Crippen LogP contribution in [-0.2, 0) is 6.42 Å². The molecule has 1 aromatic carbocycles. The summed E-state index contributed by atoms with van der Waals surface area (Å²) in [6.07, 6.45) is 0.640. The summed E-state index contributed by atoms with van der Waals surface area (Å²) in [6.45, 7) is 5.83. The first-order valence-electron chi connectivity index (χ1n) is 5.29. The van der Waals surface area contributed by atoms with Crippen molar-refractivity contribution in [3.63, 3.8) is 0 Å². The third kappa shape index (κ3) is 2.79. The Labute approximate surface area is 95.8 Å². The first-order valence-corrected chi connectivity index (χ1v) is 5.29. The summed E-state index contributed by atoms with van der Waals surface area (Å²) in [5.41, 5.74) is 1.60. The quantitative estimate of drug-likeness (QED) is 0.629. The molecule has 0 aromatic heterocycles. The van der Waals surface area contributed by atoms with Crippen LogP contribution in [-0.4, -0.2) is 17.5 Å². The molecule has 4 nitrogen and oxygen atoms in total. The predicted molar refractivity (Wildman–Crippen MR) is 64.7 cm³/mol. The fraction of sp³-hybridized carbons (Fsp3) is 0.500. The zero-order chi connectivity index (χ0) is 12.3. The summed E-state index contributed by atoms with van der Waals surface area (Å²) >= 11 is 0. The maximum absolute atomic E-state index is 11.0. The molecule has 0 saturated carbocycles. The van der Waals surface area contributed by atoms with Gasteiger partial charge in [-0.05, 0) is 34.2 Å². The van der Waals surface area contributed by atoms with E-state index in [9.17, 15) is 10.1 Å². The van der Waals surface area contributed by atoms with Crippen molar-refractivity contribution in [1.82, 2.24) is 5.32 Å². The Morgan fingerprint density at radius 2 is 2.06 bits per heavy atom. The Morgan fingerprint density at radius 1 is 1.44 bits per heavy atom. The van der Waals surface area contributed by atoms with Gasteiger partial charge < -0.3 is 5.32 Å². The van der Waals surface area contributed by atoms with Gasteiger partial charge in [0.2, 0.25) is 0 Å². The molecule has 1 rings (SSSR count). The van der Waals surface area contributed by atoms with E-state index < -0.39 is 0 Å². The van der Waals surface area contributed by atoms with Crippen molar-refractivity contribution < 1.29 is 4.92 Å². The Bertz CT molecular complexity index is 400. The monoisotopic (exact) mass is 222 g/mol. The van der Waals surface area contributed by atoms with Gasteiger partial charge in [-0.25, -0.2) is 0 Å². The number of nitro benzene ring substituents is 1. The second-order valence-corrected chi connectivity index (χ2v) is 4.65. The van der Waals surface area contributed by atoms with Crippen LogP contribution in [0.15, 0.2) is 18.2 Å². The lowest BCUT2D eigenvalue weighted by atomic mass is 9.93. The van der Waals surface area contributed by atoms with Crippen LogP contribution >= 0.6 is 0 Å². The van der Waals surface area contributed by atoms with Crippen molar-refractivity contribution in [3.8, 4) is 0 Å². The number of rotatable bonds is 4. The number of likely N-dealkylation sites (N-methyl/N-ethyl adjacent to an activating group) is 1. The molecule has 0 heterocycles. The lowest BCUT2D eigenvalue weighted by molar-refractivity contribution is -0.386. The smallest absolute Gasteiger partial charge is 0.275 e. The zero-order valence-electron chi connectivity index (χ0n) is 10.2. The summed E-state index contributed by atoms with van der Waals surface area (Å²) in [4.78, 5) is 10.7. The van der Waals surface area contributed by atoms with E-state index in [1.807, 2.05) is 33.0 Å². The van der Waals surface area contributed by atoms with Gasteiger partial charge >= 0.3 is 0 Å². The number of aryl methyl sites for hydroxylation is 1. The van der Waals surface area contributed by atoms with Gasteiger partial charge in [-0.2, -0.15) is 0 Å². The number of benzene rings is 1. The van der Waals surface area contributed by atoms with Gasteiger partial charge in [-0.15, -0.1) is 0 Å². The molecule has 0 radical (unpaired) electrons. The van der Waals surface area contributed by atoms with Crippen LogP contribution in [0.1, 0.15) is 25.0 Å². The Kier molecular flexibility index (Phi) is 3.65. The minimum Gasteiger partial charge on any atom is -0.314 e. The second-order valence-electron chi connectivity index (χ2n) is 4.65. The standard InChI is InChI=1S/C12H18N2O2/c1-9-6-5-7-10(11(9)14(15)16)8-12(2,3)13-4/h5-7,13H,8H2,1-4H3. The van der Waals surface area contributed by atoms with Gasteiger partial charge in [0, 0.05) is 16.7 Å². The van der Waals surface area contributed by atoms with Gasteiger partial charge in [0.25, 0.3) is 5.69 Å². The number of hydrogen-bond donors (Lipinski definition) is 1. The molecule has 4 heteroatoms. The minimum absolute atomic E-state index is 0.140. The predicted octanol–water partition coefficient (Wildman–Crippen LogP) is 2.44. The van der Waals surface area contributed by atoms with Crippen LogP contribution in [0.3, 0.4) is 0 Å². The highest BCUT2D eigenvalue weighted by molar-refractivity contribution is 5.47. The first kappa shape index (κ1) is 12.6. The average molecular weight is 222 g/mol. The number of nitrogens with one attached hydrogen (secondary N) is 1. The van der Waals surface area contributed by atoms with E-state index in [4.69, 9.17) is 0 Å². The molecule has 0 aliphatic carbocycles. The molecule has 0 atom stereocenters. The van der Waals surface area contributed by atoms with Crippen molar-refractivity contribution in [2.45, 2.75) is 32.7 Å². The van der Waals surface area contributed by atoms with Crippen molar-refractivity contribution in [1.29, 1.82) is 0 Å². The van der Waals surface area contributed by atoms with E-state index in [1.54, 1.807) is 13.0 Å². The molecule has 0 aliphatic rings. The summed E-state index contributed by atoms with van der Waals surface area (Å²) in [7, 11) is 1.86. The number of nitrogens with zero attached hydrogens (tertiary/aromatic N) is 1. The van der Waals surface area contributed by atoms with E-state index in [-0.39, 0.29) is 16.1 Å². The Hall–Kier alpha value is -1.42. The van der Waals surface area contributed by atoms with Crippen LogP contribution in [0.25, 0.3) is 0 Å². The molecule has 1 N–H and O–H groups in total. The molecule has 0 aliphatic heterocycles. The molecule has 1 aromatic rings. The van der Waals surface area contributed by atoms with Gasteiger partial charge in [0.15, 0.2) is 0 Å². The molecule has 0 spiro atoms. The fourth-order valence-corrected chi connectivity index (χ4v) is 1.69. The van der Waals surface area contributed by atoms with Gasteiger partial charge in [0.05, 0.1) is 4.92 Å². The van der Waals surface area contributed by atoms with E-state index in [0.717, 1.165) is 11.1 Å². The lowest BCUT2D eigenvalue weighted by Crippen LogP contribution is -2.38.